The number of rotatable bonds is 3. The average molecular weight is 278 g/mol. The highest BCUT2D eigenvalue weighted by atomic mass is 16.5. The zero-order valence-electron chi connectivity index (χ0n) is 11.3. The van der Waals surface area contributed by atoms with Gasteiger partial charge in [-0.25, -0.2) is 4.98 Å². The molecule has 1 amide bonds. The maximum Gasteiger partial charge on any atom is 0.259 e. The Kier molecular flexibility index (Phi) is 4.39. The molecule has 0 aromatic carbocycles. The fraction of sp³-hybridized carbons (Fsp3) is 0.462. The van der Waals surface area contributed by atoms with Crippen molar-refractivity contribution in [1.29, 1.82) is 0 Å². The van der Waals surface area contributed by atoms with Gasteiger partial charge in [0, 0.05) is 25.2 Å². The number of hydrogen-bond donors (Lipinski definition) is 2. The molecule has 1 aliphatic heterocycles. The Morgan fingerprint density at radius 1 is 1.65 bits per heavy atom. The summed E-state index contributed by atoms with van der Waals surface area (Å²) in [4.78, 5) is 18.2. The molecule has 1 aromatic rings. The van der Waals surface area contributed by atoms with Crippen LogP contribution in [0.5, 0.6) is 5.88 Å². The number of aromatic nitrogens is 1. The first-order valence-corrected chi connectivity index (χ1v) is 6.43. The van der Waals surface area contributed by atoms with Gasteiger partial charge in [0.1, 0.15) is 11.4 Å². The van der Waals surface area contributed by atoms with E-state index in [4.69, 9.17) is 15.7 Å². The molecule has 2 rings (SSSR count). The van der Waals surface area contributed by atoms with Gasteiger partial charge in [-0.3, -0.25) is 4.79 Å². The van der Waals surface area contributed by atoms with Gasteiger partial charge in [-0.1, -0.05) is 5.16 Å². The summed E-state index contributed by atoms with van der Waals surface area (Å²) in [6, 6.07) is 3.38. The van der Waals surface area contributed by atoms with Crippen LogP contribution in [-0.4, -0.2) is 47.0 Å². The summed E-state index contributed by atoms with van der Waals surface area (Å²) < 4.78 is 5.11. The molecule has 1 atom stereocenters. The Balaban J connectivity index is 2.16. The summed E-state index contributed by atoms with van der Waals surface area (Å²) in [5.74, 6) is 0.217. The number of ether oxygens (including phenoxy) is 1. The van der Waals surface area contributed by atoms with Crippen molar-refractivity contribution in [1.82, 2.24) is 9.88 Å². The fourth-order valence-corrected chi connectivity index (χ4v) is 2.37. The summed E-state index contributed by atoms with van der Waals surface area (Å²) in [6.45, 7) is 1.08. The molecule has 0 radical (unpaired) electrons. The number of hydrogen-bond acceptors (Lipinski definition) is 5. The predicted octanol–water partition coefficient (Wildman–Crippen LogP) is 0.689. The first-order valence-electron chi connectivity index (χ1n) is 6.43. The van der Waals surface area contributed by atoms with Crippen LogP contribution >= 0.6 is 0 Å². The third-order valence-corrected chi connectivity index (χ3v) is 3.44. The highest BCUT2D eigenvalue weighted by molar-refractivity contribution is 5.96. The van der Waals surface area contributed by atoms with Crippen LogP contribution in [0, 0.1) is 5.92 Å². The van der Waals surface area contributed by atoms with Gasteiger partial charge in [-0.15, -0.1) is 0 Å². The summed E-state index contributed by atoms with van der Waals surface area (Å²) in [6.07, 6.45) is 3.20. The van der Waals surface area contributed by atoms with Crippen LogP contribution in [0.2, 0.25) is 0 Å². The van der Waals surface area contributed by atoms with Gasteiger partial charge in [-0.2, -0.15) is 0 Å². The van der Waals surface area contributed by atoms with E-state index in [1.807, 2.05) is 0 Å². The number of amides is 1. The van der Waals surface area contributed by atoms with Gasteiger partial charge in [-0.05, 0) is 25.0 Å². The lowest BCUT2D eigenvalue weighted by Gasteiger charge is -2.32. The van der Waals surface area contributed by atoms with Gasteiger partial charge in [0.25, 0.3) is 5.91 Å². The number of nitrogens with two attached hydrogens (primary N) is 1. The molecule has 0 saturated carbocycles. The van der Waals surface area contributed by atoms with E-state index in [0.29, 0.717) is 24.5 Å². The second kappa shape index (κ2) is 6.23. The number of methoxy groups -OCH3 is 1. The van der Waals surface area contributed by atoms with Crippen molar-refractivity contribution in [3.8, 4) is 5.88 Å². The molecule has 108 valence electrons. The summed E-state index contributed by atoms with van der Waals surface area (Å²) in [5.41, 5.74) is 6.06. The zero-order valence-corrected chi connectivity index (χ0v) is 11.3. The monoisotopic (exact) mass is 278 g/mol. The van der Waals surface area contributed by atoms with Crippen molar-refractivity contribution in [2.75, 3.05) is 20.2 Å². The molecule has 0 aliphatic carbocycles. The summed E-state index contributed by atoms with van der Waals surface area (Å²) in [7, 11) is 1.48. The van der Waals surface area contributed by atoms with Crippen LogP contribution in [0.15, 0.2) is 23.5 Å². The molecule has 3 N–H and O–H groups in total. The van der Waals surface area contributed by atoms with Crippen molar-refractivity contribution >= 4 is 11.7 Å². The number of amidine groups is 1. The SMILES string of the molecule is COc1ncccc1C(=O)N1CCCC(C(N)=NO)C1. The Morgan fingerprint density at radius 2 is 2.45 bits per heavy atom. The van der Waals surface area contributed by atoms with E-state index in [-0.39, 0.29) is 17.7 Å². The van der Waals surface area contributed by atoms with Gasteiger partial charge < -0.3 is 20.6 Å². The molecule has 7 heteroatoms. The number of oxime groups is 1. The average Bonchev–Trinajstić information content (AvgIpc) is 2.53. The van der Waals surface area contributed by atoms with Crippen LogP contribution < -0.4 is 10.5 Å². The molecule has 7 nitrogen and oxygen atoms in total. The summed E-state index contributed by atoms with van der Waals surface area (Å²) in [5, 5.41) is 11.8. The Labute approximate surface area is 117 Å². The zero-order chi connectivity index (χ0) is 14.5. The van der Waals surface area contributed by atoms with Gasteiger partial charge in [0.2, 0.25) is 5.88 Å². The molecule has 0 spiro atoms. The van der Waals surface area contributed by atoms with E-state index in [0.717, 1.165) is 12.8 Å². The van der Waals surface area contributed by atoms with E-state index in [1.165, 1.54) is 7.11 Å². The topological polar surface area (TPSA) is 101 Å². The normalized spacial score (nSPS) is 19.8. The minimum Gasteiger partial charge on any atom is -0.480 e. The minimum absolute atomic E-state index is 0.111. The smallest absolute Gasteiger partial charge is 0.259 e. The third kappa shape index (κ3) is 2.81. The molecule has 1 aliphatic rings. The van der Waals surface area contributed by atoms with Crippen LogP contribution in [-0.2, 0) is 0 Å². The van der Waals surface area contributed by atoms with E-state index in [1.54, 1.807) is 23.2 Å². The third-order valence-electron chi connectivity index (χ3n) is 3.44. The van der Waals surface area contributed by atoms with Crippen LogP contribution in [0.1, 0.15) is 23.2 Å². The molecular weight excluding hydrogens is 260 g/mol. The number of nitrogens with zero attached hydrogens (tertiary/aromatic N) is 3. The Bertz CT molecular complexity index is 518. The highest BCUT2D eigenvalue weighted by Gasteiger charge is 2.28. The molecule has 0 bridgehead atoms. The number of piperidine rings is 1. The molecule has 1 fully saturated rings. The second-order valence-corrected chi connectivity index (χ2v) is 4.68. The number of pyridine rings is 1. The van der Waals surface area contributed by atoms with Crippen molar-refractivity contribution in [2.24, 2.45) is 16.8 Å². The quantitative estimate of drug-likeness (QED) is 0.366. The van der Waals surface area contributed by atoms with Crippen LogP contribution in [0.25, 0.3) is 0 Å². The minimum atomic E-state index is -0.148. The van der Waals surface area contributed by atoms with Crippen molar-refractivity contribution < 1.29 is 14.7 Å². The summed E-state index contributed by atoms with van der Waals surface area (Å²) >= 11 is 0. The molecule has 20 heavy (non-hydrogen) atoms. The van der Waals surface area contributed by atoms with Crippen molar-refractivity contribution in [3.63, 3.8) is 0 Å². The lowest BCUT2D eigenvalue weighted by Crippen LogP contribution is -2.44. The van der Waals surface area contributed by atoms with E-state index < -0.39 is 0 Å². The number of carbonyl (C=O) groups excluding carboxylic acids is 1. The standard InChI is InChI=1S/C13H18N4O3/c1-20-12-10(5-2-6-15-12)13(18)17-7-3-4-9(8-17)11(14)16-19/h2,5-6,9,19H,3-4,7-8H2,1H3,(H2,14,16). The van der Waals surface area contributed by atoms with Crippen LogP contribution in [0.3, 0.4) is 0 Å². The molecule has 1 aromatic heterocycles. The van der Waals surface area contributed by atoms with Crippen LogP contribution in [0.4, 0.5) is 0 Å². The maximum atomic E-state index is 12.5. The maximum absolute atomic E-state index is 12.5. The Hall–Kier alpha value is -2.31. The second-order valence-electron chi connectivity index (χ2n) is 4.68. The highest BCUT2D eigenvalue weighted by Crippen LogP contribution is 2.22. The number of likely N-dealkylation sites (tertiary alicyclic amines) is 1. The van der Waals surface area contributed by atoms with Gasteiger partial charge in [0.05, 0.1) is 7.11 Å². The first-order chi connectivity index (χ1) is 9.67. The molecule has 1 saturated heterocycles. The van der Waals surface area contributed by atoms with Crippen molar-refractivity contribution in [2.45, 2.75) is 12.8 Å². The van der Waals surface area contributed by atoms with Gasteiger partial charge in [0.15, 0.2) is 0 Å². The van der Waals surface area contributed by atoms with Crippen molar-refractivity contribution in [3.05, 3.63) is 23.9 Å². The lowest BCUT2D eigenvalue weighted by molar-refractivity contribution is 0.0697. The van der Waals surface area contributed by atoms with E-state index >= 15 is 0 Å². The number of carbonyl (C=O) groups is 1. The van der Waals surface area contributed by atoms with Gasteiger partial charge >= 0.3 is 0 Å². The predicted molar refractivity (Wildman–Crippen MR) is 72.8 cm³/mol. The largest absolute Gasteiger partial charge is 0.480 e. The molecule has 2 heterocycles. The lowest BCUT2D eigenvalue weighted by atomic mass is 9.96. The fourth-order valence-electron chi connectivity index (χ4n) is 2.37. The van der Waals surface area contributed by atoms with E-state index in [9.17, 15) is 4.79 Å². The first kappa shape index (κ1) is 14.1. The molecular formula is C13H18N4O3. The molecule has 1 unspecified atom stereocenters. The van der Waals surface area contributed by atoms with E-state index in [2.05, 4.69) is 10.1 Å². The Morgan fingerprint density at radius 3 is 3.15 bits per heavy atom.